The number of hydrogen-bond acceptors (Lipinski definition) is 1. The molecule has 1 aliphatic rings. The average molecular weight is 169 g/mol. The van der Waals surface area contributed by atoms with Crippen LogP contribution in [0.3, 0.4) is 0 Å². The second-order valence-electron chi connectivity index (χ2n) is 3.00. The minimum Gasteiger partial charge on any atom is -0.310 e. The maximum absolute atomic E-state index is 12.7. The highest BCUT2D eigenvalue weighted by Crippen LogP contribution is 2.23. The molecule has 0 radical (unpaired) electrons. The quantitative estimate of drug-likeness (QED) is 0.678. The fourth-order valence-corrected chi connectivity index (χ4v) is 1.35. The van der Waals surface area contributed by atoms with E-state index < -0.39 is 11.6 Å². The summed E-state index contributed by atoms with van der Waals surface area (Å²) in [6.45, 7) is 0.933. The first-order chi connectivity index (χ1) is 5.75. The first kappa shape index (κ1) is 7.68. The lowest BCUT2D eigenvalue weighted by atomic mass is 9.98. The molecule has 1 fully saturated rings. The van der Waals surface area contributed by atoms with Gasteiger partial charge in [-0.25, -0.2) is 8.78 Å². The van der Waals surface area contributed by atoms with Gasteiger partial charge in [0.05, 0.1) is 0 Å². The van der Waals surface area contributed by atoms with Gasteiger partial charge in [0.15, 0.2) is 0 Å². The van der Waals surface area contributed by atoms with Crippen LogP contribution in [0, 0.1) is 11.6 Å². The van der Waals surface area contributed by atoms with Crippen LogP contribution in [0.1, 0.15) is 18.0 Å². The molecule has 1 aromatic rings. The zero-order chi connectivity index (χ0) is 8.55. The smallest absolute Gasteiger partial charge is 0.126 e. The normalized spacial score (nSPS) is 22.0. The summed E-state index contributed by atoms with van der Waals surface area (Å²) < 4.78 is 25.4. The van der Waals surface area contributed by atoms with Crippen molar-refractivity contribution in [2.45, 2.75) is 12.5 Å². The van der Waals surface area contributed by atoms with Gasteiger partial charge in [0.1, 0.15) is 11.6 Å². The molecule has 64 valence electrons. The van der Waals surface area contributed by atoms with Gasteiger partial charge < -0.3 is 5.32 Å². The van der Waals surface area contributed by atoms with Crippen LogP contribution in [-0.4, -0.2) is 6.54 Å². The molecule has 1 nitrogen and oxygen atoms in total. The van der Waals surface area contributed by atoms with E-state index in [2.05, 4.69) is 5.32 Å². The van der Waals surface area contributed by atoms with Gasteiger partial charge in [0, 0.05) is 12.1 Å². The fraction of sp³-hybridized carbons (Fsp3) is 0.333. The fourth-order valence-electron chi connectivity index (χ4n) is 1.35. The number of benzene rings is 1. The van der Waals surface area contributed by atoms with Gasteiger partial charge in [-0.05, 0) is 30.7 Å². The third-order valence-corrected chi connectivity index (χ3v) is 2.11. The van der Waals surface area contributed by atoms with Crippen LogP contribution < -0.4 is 5.32 Å². The molecule has 0 aromatic heterocycles. The Kier molecular flexibility index (Phi) is 1.81. The van der Waals surface area contributed by atoms with Crippen LogP contribution in [0.25, 0.3) is 0 Å². The molecule has 2 rings (SSSR count). The van der Waals surface area contributed by atoms with Crippen LogP contribution in [0.2, 0.25) is 0 Å². The summed E-state index contributed by atoms with van der Waals surface area (Å²) in [4.78, 5) is 0. The highest BCUT2D eigenvalue weighted by atomic mass is 19.1. The van der Waals surface area contributed by atoms with E-state index >= 15 is 0 Å². The summed E-state index contributed by atoms with van der Waals surface area (Å²) in [6.07, 6.45) is 0.961. The Balaban J connectivity index is 2.30. The predicted molar refractivity (Wildman–Crippen MR) is 41.7 cm³/mol. The van der Waals surface area contributed by atoms with E-state index in [-0.39, 0.29) is 6.04 Å². The van der Waals surface area contributed by atoms with E-state index in [9.17, 15) is 8.78 Å². The minimum absolute atomic E-state index is 0.148. The lowest BCUT2D eigenvalue weighted by Crippen LogP contribution is -2.35. The van der Waals surface area contributed by atoms with Crippen molar-refractivity contribution >= 4 is 0 Å². The molecule has 1 atom stereocenters. The Morgan fingerprint density at radius 3 is 2.17 bits per heavy atom. The summed E-state index contributed by atoms with van der Waals surface area (Å²) in [7, 11) is 0. The van der Waals surface area contributed by atoms with E-state index in [1.165, 1.54) is 12.1 Å². The van der Waals surface area contributed by atoms with Crippen molar-refractivity contribution in [1.82, 2.24) is 5.32 Å². The van der Waals surface area contributed by atoms with E-state index in [1.54, 1.807) is 0 Å². The molecule has 0 bridgehead atoms. The van der Waals surface area contributed by atoms with Gasteiger partial charge >= 0.3 is 0 Å². The van der Waals surface area contributed by atoms with Gasteiger partial charge in [0.2, 0.25) is 0 Å². The maximum Gasteiger partial charge on any atom is 0.126 e. The monoisotopic (exact) mass is 169 g/mol. The van der Waals surface area contributed by atoms with E-state index in [0.717, 1.165) is 19.0 Å². The third-order valence-electron chi connectivity index (χ3n) is 2.11. The summed E-state index contributed by atoms with van der Waals surface area (Å²) in [6, 6.07) is 3.79. The number of halogens is 2. The molecule has 1 heterocycles. The molecule has 0 spiro atoms. The maximum atomic E-state index is 12.7. The van der Waals surface area contributed by atoms with E-state index in [1.807, 2.05) is 0 Å². The highest BCUT2D eigenvalue weighted by Gasteiger charge is 2.19. The Labute approximate surface area is 69.4 Å². The van der Waals surface area contributed by atoms with Gasteiger partial charge in [-0.3, -0.25) is 0 Å². The Bertz CT molecular complexity index is 274. The average Bonchev–Trinajstić information content (AvgIpc) is 1.79. The SMILES string of the molecule is Fc1cc(F)cc(C2CCN2)c1. The lowest BCUT2D eigenvalue weighted by Gasteiger charge is -2.27. The Morgan fingerprint density at radius 2 is 1.75 bits per heavy atom. The molecule has 12 heavy (non-hydrogen) atoms. The van der Waals surface area contributed by atoms with Crippen molar-refractivity contribution in [1.29, 1.82) is 0 Å². The number of rotatable bonds is 1. The number of nitrogens with one attached hydrogen (secondary N) is 1. The molecule has 1 unspecified atom stereocenters. The van der Waals surface area contributed by atoms with Gasteiger partial charge in [-0.2, -0.15) is 0 Å². The molecule has 0 saturated carbocycles. The molecule has 1 saturated heterocycles. The molecule has 0 amide bonds. The molecule has 1 aromatic carbocycles. The first-order valence-electron chi connectivity index (χ1n) is 3.95. The van der Waals surface area contributed by atoms with Crippen molar-refractivity contribution in [3.8, 4) is 0 Å². The molecule has 3 heteroatoms. The van der Waals surface area contributed by atoms with Crippen LogP contribution in [0.4, 0.5) is 8.78 Å². The van der Waals surface area contributed by atoms with Gasteiger partial charge in [-0.15, -0.1) is 0 Å². The zero-order valence-corrected chi connectivity index (χ0v) is 6.48. The summed E-state index contributed by atoms with van der Waals surface area (Å²) in [5, 5.41) is 3.08. The standard InChI is InChI=1S/C9H9F2N/c10-7-3-6(4-8(11)5-7)9-1-2-12-9/h3-5,9,12H,1-2H2. The lowest BCUT2D eigenvalue weighted by molar-refractivity contribution is 0.380. The van der Waals surface area contributed by atoms with Crippen molar-refractivity contribution in [2.24, 2.45) is 0 Å². The van der Waals surface area contributed by atoms with Crippen molar-refractivity contribution < 1.29 is 8.78 Å². The van der Waals surface area contributed by atoms with Crippen LogP contribution in [-0.2, 0) is 0 Å². The van der Waals surface area contributed by atoms with Crippen molar-refractivity contribution in [3.63, 3.8) is 0 Å². The molecular weight excluding hydrogens is 160 g/mol. The summed E-state index contributed by atoms with van der Waals surface area (Å²) >= 11 is 0. The van der Waals surface area contributed by atoms with Gasteiger partial charge in [0.25, 0.3) is 0 Å². The largest absolute Gasteiger partial charge is 0.310 e. The molecular formula is C9H9F2N. The predicted octanol–water partition coefficient (Wildman–Crippen LogP) is 2.00. The first-order valence-corrected chi connectivity index (χ1v) is 3.95. The second-order valence-corrected chi connectivity index (χ2v) is 3.00. The van der Waals surface area contributed by atoms with Crippen molar-refractivity contribution in [3.05, 3.63) is 35.4 Å². The zero-order valence-electron chi connectivity index (χ0n) is 6.48. The van der Waals surface area contributed by atoms with E-state index in [0.29, 0.717) is 5.56 Å². The van der Waals surface area contributed by atoms with Crippen LogP contribution in [0.15, 0.2) is 18.2 Å². The van der Waals surface area contributed by atoms with Crippen LogP contribution >= 0.6 is 0 Å². The summed E-state index contributed by atoms with van der Waals surface area (Å²) in [5.41, 5.74) is 0.707. The second kappa shape index (κ2) is 2.83. The molecule has 1 N–H and O–H groups in total. The summed E-state index contributed by atoms with van der Waals surface area (Å²) in [5.74, 6) is -1.00. The minimum atomic E-state index is -0.501. The van der Waals surface area contributed by atoms with E-state index in [4.69, 9.17) is 0 Å². The van der Waals surface area contributed by atoms with Crippen LogP contribution in [0.5, 0.6) is 0 Å². The third kappa shape index (κ3) is 1.32. The molecule has 1 aliphatic heterocycles. The Hall–Kier alpha value is -0.960. The number of hydrogen-bond donors (Lipinski definition) is 1. The Morgan fingerprint density at radius 1 is 1.17 bits per heavy atom. The topological polar surface area (TPSA) is 12.0 Å². The van der Waals surface area contributed by atoms with Gasteiger partial charge in [-0.1, -0.05) is 0 Å². The highest BCUT2D eigenvalue weighted by molar-refractivity contribution is 5.22. The molecule has 0 aliphatic carbocycles. The van der Waals surface area contributed by atoms with Crippen molar-refractivity contribution in [2.75, 3.05) is 6.54 Å².